The minimum absolute atomic E-state index is 0.134. The van der Waals surface area contributed by atoms with Crippen LogP contribution in [0.4, 0.5) is 0 Å². The van der Waals surface area contributed by atoms with E-state index in [1.54, 1.807) is 10.9 Å². The molecule has 1 fully saturated rings. The minimum atomic E-state index is -2.99. The molecule has 0 bridgehead atoms. The van der Waals surface area contributed by atoms with Gasteiger partial charge in [-0.3, -0.25) is 9.25 Å². The van der Waals surface area contributed by atoms with E-state index in [0.29, 0.717) is 6.42 Å². The Bertz CT molecular complexity index is 1350. The van der Waals surface area contributed by atoms with Crippen molar-refractivity contribution in [2.45, 2.75) is 18.9 Å². The molecule has 0 amide bonds. The van der Waals surface area contributed by atoms with Crippen LogP contribution in [0.1, 0.15) is 24.7 Å². The summed E-state index contributed by atoms with van der Waals surface area (Å²) in [7, 11) is -2.99. The molecule has 1 saturated heterocycles. The highest BCUT2D eigenvalue weighted by molar-refractivity contribution is 7.91. The fourth-order valence-corrected chi connectivity index (χ4v) is 6.19. The highest BCUT2D eigenvalue weighted by Crippen LogP contribution is 2.30. The zero-order valence-corrected chi connectivity index (χ0v) is 17.5. The van der Waals surface area contributed by atoms with Gasteiger partial charge in [0.05, 0.1) is 34.3 Å². The molecule has 0 saturated carbocycles. The van der Waals surface area contributed by atoms with Crippen molar-refractivity contribution in [2.24, 2.45) is 0 Å². The second-order valence-corrected chi connectivity index (χ2v) is 10.2. The monoisotopic (exact) mass is 418 g/mol. The maximum Gasteiger partial charge on any atom is 0.152 e. The van der Waals surface area contributed by atoms with Crippen LogP contribution in [-0.2, 0) is 15.4 Å². The molecule has 5 rings (SSSR count). The van der Waals surface area contributed by atoms with Crippen LogP contribution in [0.25, 0.3) is 28.9 Å². The predicted octanol–water partition coefficient (Wildman–Crippen LogP) is 3.93. The lowest BCUT2D eigenvalue weighted by atomic mass is 10.0. The van der Waals surface area contributed by atoms with Crippen molar-refractivity contribution in [3.63, 3.8) is 0 Å². The summed E-state index contributed by atoms with van der Waals surface area (Å²) in [5.74, 6) is 1.18. The highest BCUT2D eigenvalue weighted by Gasteiger charge is 2.40. The summed E-state index contributed by atoms with van der Waals surface area (Å²) in [6, 6.07) is 18.2. The van der Waals surface area contributed by atoms with Crippen molar-refractivity contribution in [2.75, 3.05) is 11.5 Å². The quantitative estimate of drug-likeness (QED) is 0.504. The molecule has 7 heteroatoms. The Morgan fingerprint density at radius 3 is 2.57 bits per heavy atom. The first kappa shape index (κ1) is 18.8. The second kappa shape index (κ2) is 6.95. The zero-order valence-electron chi connectivity index (χ0n) is 16.6. The molecule has 1 aliphatic rings. The smallest absolute Gasteiger partial charge is 0.152 e. The largest absolute Gasteiger partial charge is 0.293 e. The van der Waals surface area contributed by atoms with Gasteiger partial charge in [0.25, 0.3) is 0 Å². The number of aromatic nitrogens is 4. The Balaban J connectivity index is 1.51. The summed E-state index contributed by atoms with van der Waals surface area (Å²) in [6.45, 7) is 1.95. The van der Waals surface area contributed by atoms with Gasteiger partial charge in [0.2, 0.25) is 0 Å². The van der Waals surface area contributed by atoms with Gasteiger partial charge in [0, 0.05) is 17.4 Å². The highest BCUT2D eigenvalue weighted by atomic mass is 32.2. The molecule has 3 heterocycles. The minimum Gasteiger partial charge on any atom is -0.293 e. The number of hydrogen-bond acceptors (Lipinski definition) is 4. The first-order valence-corrected chi connectivity index (χ1v) is 11.7. The third-order valence-corrected chi connectivity index (χ3v) is 7.55. The van der Waals surface area contributed by atoms with Crippen LogP contribution in [0, 0.1) is 0 Å². The van der Waals surface area contributed by atoms with Gasteiger partial charge in [-0.25, -0.2) is 13.4 Å². The third kappa shape index (κ3) is 3.35. The van der Waals surface area contributed by atoms with E-state index in [0.717, 1.165) is 28.1 Å². The van der Waals surface area contributed by atoms with Crippen molar-refractivity contribution < 1.29 is 8.42 Å². The normalized spacial score (nSPS) is 21.0. The van der Waals surface area contributed by atoms with Gasteiger partial charge in [-0.15, -0.1) is 0 Å². The molecule has 4 aromatic rings. The van der Waals surface area contributed by atoms with Crippen LogP contribution < -0.4 is 0 Å². The van der Waals surface area contributed by atoms with E-state index in [-0.39, 0.29) is 11.5 Å². The molecule has 1 unspecified atom stereocenters. The zero-order chi connectivity index (χ0) is 20.8. The van der Waals surface area contributed by atoms with Crippen LogP contribution in [0.2, 0.25) is 0 Å². The van der Waals surface area contributed by atoms with Crippen molar-refractivity contribution in [1.82, 2.24) is 19.3 Å². The molecule has 1 aliphatic heterocycles. The number of nitrogens with zero attached hydrogens (tertiary/aromatic N) is 4. The van der Waals surface area contributed by atoms with Crippen molar-refractivity contribution in [3.05, 3.63) is 78.4 Å². The van der Waals surface area contributed by atoms with E-state index in [2.05, 4.69) is 27.9 Å². The molecule has 152 valence electrons. The Morgan fingerprint density at radius 2 is 1.80 bits per heavy atom. The van der Waals surface area contributed by atoms with E-state index in [1.165, 1.54) is 0 Å². The van der Waals surface area contributed by atoms with E-state index in [9.17, 15) is 8.42 Å². The number of benzene rings is 2. The van der Waals surface area contributed by atoms with E-state index >= 15 is 0 Å². The Morgan fingerprint density at radius 1 is 1.03 bits per heavy atom. The molecule has 0 radical (unpaired) electrons. The number of para-hydroxylation sites is 3. The first-order valence-electron chi connectivity index (χ1n) is 9.90. The molecule has 30 heavy (non-hydrogen) atoms. The second-order valence-electron chi connectivity index (χ2n) is 8.02. The summed E-state index contributed by atoms with van der Waals surface area (Å²) in [5, 5.41) is 4.44. The van der Waals surface area contributed by atoms with Gasteiger partial charge in [-0.2, -0.15) is 5.10 Å². The third-order valence-electron chi connectivity index (χ3n) is 5.66. The standard InChI is InChI=1S/C23H22N4O2S/c1-23(13-14-30(28,29)17-23)26-16-18(15-24-26)11-12-22-25-20-9-5-6-10-21(20)27(22)19-7-3-2-4-8-19/h2-12,15-16H,13-14,17H2,1H3/b12-11+. The maximum atomic E-state index is 11.9. The lowest BCUT2D eigenvalue weighted by molar-refractivity contribution is 0.328. The molecule has 2 aromatic heterocycles. The molecular weight excluding hydrogens is 396 g/mol. The molecule has 1 atom stereocenters. The fourth-order valence-electron chi connectivity index (χ4n) is 4.07. The summed E-state index contributed by atoms with van der Waals surface area (Å²) >= 11 is 0. The number of fused-ring (bicyclic) bond motifs is 1. The van der Waals surface area contributed by atoms with E-state index < -0.39 is 15.4 Å². The van der Waals surface area contributed by atoms with Gasteiger partial charge in [-0.05, 0) is 49.8 Å². The molecular formula is C23H22N4O2S. The lowest BCUT2D eigenvalue weighted by Gasteiger charge is -2.22. The molecule has 2 aromatic carbocycles. The summed E-state index contributed by atoms with van der Waals surface area (Å²) in [6.07, 6.45) is 8.21. The Labute approximate surface area is 175 Å². The molecule has 6 nitrogen and oxygen atoms in total. The molecule has 0 aliphatic carbocycles. The average molecular weight is 419 g/mol. The maximum absolute atomic E-state index is 11.9. The average Bonchev–Trinajstić information content (AvgIpc) is 3.43. The summed E-state index contributed by atoms with van der Waals surface area (Å²) in [5.41, 5.74) is 3.45. The number of rotatable bonds is 4. The fraction of sp³-hybridized carbons (Fsp3) is 0.217. The van der Waals surface area contributed by atoms with Crippen molar-refractivity contribution in [1.29, 1.82) is 0 Å². The van der Waals surface area contributed by atoms with Gasteiger partial charge in [0.15, 0.2) is 9.84 Å². The lowest BCUT2D eigenvalue weighted by Crippen LogP contribution is -2.31. The van der Waals surface area contributed by atoms with Gasteiger partial charge in [-0.1, -0.05) is 30.3 Å². The summed E-state index contributed by atoms with van der Waals surface area (Å²) < 4.78 is 27.8. The predicted molar refractivity (Wildman–Crippen MR) is 119 cm³/mol. The van der Waals surface area contributed by atoms with Crippen LogP contribution in [-0.4, -0.2) is 39.3 Å². The summed E-state index contributed by atoms with van der Waals surface area (Å²) in [4.78, 5) is 4.79. The SMILES string of the molecule is CC1(n2cc(/C=C/c3nc4ccccc4n3-c3ccccc3)cn2)CCS(=O)(=O)C1. The van der Waals surface area contributed by atoms with E-state index in [4.69, 9.17) is 4.98 Å². The van der Waals surface area contributed by atoms with Gasteiger partial charge >= 0.3 is 0 Å². The Kier molecular flexibility index (Phi) is 4.36. The van der Waals surface area contributed by atoms with Crippen LogP contribution >= 0.6 is 0 Å². The van der Waals surface area contributed by atoms with Crippen LogP contribution in [0.15, 0.2) is 67.0 Å². The van der Waals surface area contributed by atoms with Crippen molar-refractivity contribution >= 4 is 33.0 Å². The first-order chi connectivity index (χ1) is 14.4. The number of hydrogen-bond donors (Lipinski definition) is 0. The van der Waals surface area contributed by atoms with Crippen LogP contribution in [0.5, 0.6) is 0 Å². The Hall–Kier alpha value is -3.19. The van der Waals surface area contributed by atoms with Crippen molar-refractivity contribution in [3.8, 4) is 5.69 Å². The van der Waals surface area contributed by atoms with Crippen LogP contribution in [0.3, 0.4) is 0 Å². The van der Waals surface area contributed by atoms with Gasteiger partial charge in [0.1, 0.15) is 5.82 Å². The topological polar surface area (TPSA) is 69.8 Å². The number of imidazole rings is 1. The van der Waals surface area contributed by atoms with Gasteiger partial charge < -0.3 is 0 Å². The molecule has 0 N–H and O–H groups in total. The number of sulfone groups is 1. The van der Waals surface area contributed by atoms with E-state index in [1.807, 2.05) is 61.7 Å². The molecule has 0 spiro atoms.